The van der Waals surface area contributed by atoms with Gasteiger partial charge in [0.05, 0.1) is 0 Å². The molecule has 6 nitrogen and oxygen atoms in total. The third kappa shape index (κ3) is 50.9. The minimum atomic E-state index is -0.943. The summed E-state index contributed by atoms with van der Waals surface area (Å²) in [5.41, 5.74) is 0. The van der Waals surface area contributed by atoms with E-state index in [2.05, 4.69) is 0 Å². The summed E-state index contributed by atoms with van der Waals surface area (Å²) in [6.07, 6.45) is 5.60. The minimum Gasteiger partial charge on any atom is -0.550 e. The molecular formula is C15H27O6V-3. The molecule has 0 aliphatic rings. The van der Waals surface area contributed by atoms with E-state index in [-0.39, 0.29) is 37.8 Å². The Morgan fingerprint density at radius 1 is 0.591 bits per heavy atom. The average Bonchev–Trinajstić information content (AvgIpc) is 2.41. The third-order valence-electron chi connectivity index (χ3n) is 2.20. The van der Waals surface area contributed by atoms with Crippen molar-refractivity contribution >= 4 is 17.9 Å². The Labute approximate surface area is 145 Å². The molecule has 22 heavy (non-hydrogen) atoms. The van der Waals surface area contributed by atoms with Crippen LogP contribution < -0.4 is 15.3 Å². The minimum absolute atomic E-state index is 0. The van der Waals surface area contributed by atoms with E-state index in [0.29, 0.717) is 0 Å². The van der Waals surface area contributed by atoms with Crippen molar-refractivity contribution in [3.8, 4) is 0 Å². The molecule has 0 rings (SSSR count). The van der Waals surface area contributed by atoms with Crippen molar-refractivity contribution in [2.45, 2.75) is 78.6 Å². The number of carbonyl (C=O) groups is 3. The molecule has 0 amide bonds. The second-order valence-corrected chi connectivity index (χ2v) is 4.43. The predicted molar refractivity (Wildman–Crippen MR) is 73.6 cm³/mol. The van der Waals surface area contributed by atoms with Gasteiger partial charge >= 0.3 is 0 Å². The van der Waals surface area contributed by atoms with E-state index < -0.39 is 17.9 Å². The molecule has 0 N–H and O–H groups in total. The zero-order valence-electron chi connectivity index (χ0n) is 13.8. The molecule has 0 unspecified atom stereocenters. The van der Waals surface area contributed by atoms with Gasteiger partial charge in [-0.3, -0.25) is 0 Å². The SMILES string of the molecule is CCCCC(=O)[O-].CCCCC(=O)[O-].CCCCC(=O)[O-].[V]. The second kappa shape index (κ2) is 25.0. The number of rotatable bonds is 9. The van der Waals surface area contributed by atoms with Crippen LogP contribution in [-0.4, -0.2) is 17.9 Å². The zero-order chi connectivity index (χ0) is 17.1. The smallest absolute Gasteiger partial charge is 0.0414 e. The normalized spacial score (nSPS) is 8.32. The molecule has 0 fully saturated rings. The fourth-order valence-corrected chi connectivity index (χ4v) is 0.963. The molecule has 0 bridgehead atoms. The van der Waals surface area contributed by atoms with Gasteiger partial charge in [0, 0.05) is 36.5 Å². The van der Waals surface area contributed by atoms with Crippen molar-refractivity contribution in [3.05, 3.63) is 0 Å². The van der Waals surface area contributed by atoms with E-state index in [9.17, 15) is 29.7 Å². The van der Waals surface area contributed by atoms with Gasteiger partial charge in [0.1, 0.15) is 0 Å². The summed E-state index contributed by atoms with van der Waals surface area (Å²) in [4.78, 5) is 28.9. The molecule has 0 heterocycles. The average molecular weight is 354 g/mol. The Balaban J connectivity index is -0.000000108. The number of carboxylic acid groups (broad SMARTS) is 3. The molecule has 7 heteroatoms. The quantitative estimate of drug-likeness (QED) is 0.564. The van der Waals surface area contributed by atoms with E-state index in [1.54, 1.807) is 0 Å². The molecule has 0 spiro atoms. The van der Waals surface area contributed by atoms with Crippen molar-refractivity contribution in [2.24, 2.45) is 0 Å². The van der Waals surface area contributed by atoms with Gasteiger partial charge in [-0.2, -0.15) is 0 Å². The summed E-state index contributed by atoms with van der Waals surface area (Å²) < 4.78 is 0. The van der Waals surface area contributed by atoms with Crippen molar-refractivity contribution in [2.75, 3.05) is 0 Å². The maximum absolute atomic E-state index is 9.65. The van der Waals surface area contributed by atoms with Gasteiger partial charge in [-0.25, -0.2) is 0 Å². The molecule has 0 aromatic rings. The van der Waals surface area contributed by atoms with Crippen LogP contribution in [0.2, 0.25) is 0 Å². The van der Waals surface area contributed by atoms with Gasteiger partial charge < -0.3 is 29.7 Å². The second-order valence-electron chi connectivity index (χ2n) is 4.43. The first-order valence-corrected chi connectivity index (χ1v) is 7.41. The molecule has 0 aliphatic carbocycles. The number of unbranched alkanes of at least 4 members (excludes halogenated alkanes) is 3. The van der Waals surface area contributed by atoms with E-state index in [0.717, 1.165) is 38.5 Å². The maximum atomic E-state index is 9.65. The Bertz CT molecular complexity index is 226. The Hall–Kier alpha value is -1.01. The first-order valence-electron chi connectivity index (χ1n) is 7.41. The summed E-state index contributed by atoms with van der Waals surface area (Å²) in [5.74, 6) is -2.83. The molecule has 0 atom stereocenters. The number of carbonyl (C=O) groups excluding carboxylic acids is 3. The summed E-state index contributed by atoms with van der Waals surface area (Å²) in [5, 5.41) is 28.9. The molecule has 0 saturated heterocycles. The largest absolute Gasteiger partial charge is 0.550 e. The maximum Gasteiger partial charge on any atom is 0.0414 e. The zero-order valence-corrected chi connectivity index (χ0v) is 15.2. The van der Waals surface area contributed by atoms with Crippen LogP contribution in [0, 0.1) is 0 Å². The van der Waals surface area contributed by atoms with Crippen LogP contribution in [0.3, 0.4) is 0 Å². The Morgan fingerprint density at radius 2 is 0.773 bits per heavy atom. The van der Waals surface area contributed by atoms with Gasteiger partial charge in [0.2, 0.25) is 0 Å². The molecule has 131 valence electrons. The van der Waals surface area contributed by atoms with Crippen LogP contribution >= 0.6 is 0 Å². The topological polar surface area (TPSA) is 120 Å². The number of aliphatic carboxylic acids is 3. The molecule has 0 aliphatic heterocycles. The number of hydrogen-bond acceptors (Lipinski definition) is 6. The van der Waals surface area contributed by atoms with Crippen LogP contribution in [0.15, 0.2) is 0 Å². The van der Waals surface area contributed by atoms with Gasteiger partial charge in [-0.05, 0) is 38.5 Å². The molecular weight excluding hydrogens is 327 g/mol. The van der Waals surface area contributed by atoms with Crippen molar-refractivity contribution in [1.29, 1.82) is 0 Å². The first kappa shape index (κ1) is 29.1. The van der Waals surface area contributed by atoms with Crippen molar-refractivity contribution < 1.29 is 48.3 Å². The fraction of sp³-hybridized carbons (Fsp3) is 0.800. The molecule has 0 saturated carbocycles. The summed E-state index contributed by atoms with van der Waals surface area (Å²) in [6, 6.07) is 0. The van der Waals surface area contributed by atoms with Crippen LogP contribution in [0.1, 0.15) is 78.6 Å². The summed E-state index contributed by atoms with van der Waals surface area (Å²) in [7, 11) is 0. The summed E-state index contributed by atoms with van der Waals surface area (Å²) >= 11 is 0. The van der Waals surface area contributed by atoms with Crippen LogP contribution in [0.5, 0.6) is 0 Å². The van der Waals surface area contributed by atoms with E-state index in [1.807, 2.05) is 20.8 Å². The third-order valence-corrected chi connectivity index (χ3v) is 2.20. The van der Waals surface area contributed by atoms with E-state index in [1.165, 1.54) is 0 Å². The van der Waals surface area contributed by atoms with E-state index in [4.69, 9.17) is 0 Å². The standard InChI is InChI=1S/3C5H10O2.V/c3*1-2-3-4-5(6)7;/h3*2-4H2,1H3,(H,6,7);/p-3. The summed E-state index contributed by atoms with van der Waals surface area (Å²) in [6.45, 7) is 5.84. The van der Waals surface area contributed by atoms with Crippen LogP contribution in [0.4, 0.5) is 0 Å². The molecule has 0 aromatic carbocycles. The number of hydrogen-bond donors (Lipinski definition) is 0. The van der Waals surface area contributed by atoms with Gasteiger partial charge in [0.15, 0.2) is 0 Å². The Kier molecular flexibility index (Phi) is 33.0. The van der Waals surface area contributed by atoms with Gasteiger partial charge in [-0.1, -0.05) is 40.0 Å². The van der Waals surface area contributed by atoms with Gasteiger partial charge in [-0.15, -0.1) is 0 Å². The first-order chi connectivity index (χ1) is 9.81. The Morgan fingerprint density at radius 3 is 0.818 bits per heavy atom. The van der Waals surface area contributed by atoms with Crippen LogP contribution in [-0.2, 0) is 32.9 Å². The van der Waals surface area contributed by atoms with Gasteiger partial charge in [0.25, 0.3) is 0 Å². The molecule has 1 radical (unpaired) electrons. The predicted octanol–water partition coefficient (Wildman–Crippen LogP) is -0.223. The molecule has 0 aromatic heterocycles. The monoisotopic (exact) mass is 354 g/mol. The number of carboxylic acids is 3. The van der Waals surface area contributed by atoms with Crippen molar-refractivity contribution in [1.82, 2.24) is 0 Å². The van der Waals surface area contributed by atoms with Crippen LogP contribution in [0.25, 0.3) is 0 Å². The van der Waals surface area contributed by atoms with E-state index >= 15 is 0 Å². The fourth-order valence-electron chi connectivity index (χ4n) is 0.963. The van der Waals surface area contributed by atoms with Crippen molar-refractivity contribution in [3.63, 3.8) is 0 Å².